The molecule has 0 unspecified atom stereocenters. The number of hydrogen-bond donors (Lipinski definition) is 1. The van der Waals surface area contributed by atoms with E-state index in [2.05, 4.69) is 9.72 Å². The van der Waals surface area contributed by atoms with Crippen LogP contribution >= 0.6 is 0 Å². The topological polar surface area (TPSA) is 59.2 Å². The van der Waals surface area contributed by atoms with Crippen LogP contribution < -0.4 is 0 Å². The van der Waals surface area contributed by atoms with E-state index in [0.717, 1.165) is 22.8 Å². The standard InChI is InChI=1S/C13H11NO3/c1-17-13(16)5-3-9-2-4-12-11(6-9)10(8-15)7-14-12/h2-8,14H,1H3/b5-3+. The van der Waals surface area contributed by atoms with Crippen molar-refractivity contribution in [1.29, 1.82) is 0 Å². The molecule has 0 aliphatic carbocycles. The Morgan fingerprint density at radius 1 is 1.41 bits per heavy atom. The predicted molar refractivity (Wildman–Crippen MR) is 64.7 cm³/mol. The van der Waals surface area contributed by atoms with Gasteiger partial charge in [0.1, 0.15) is 0 Å². The van der Waals surface area contributed by atoms with Gasteiger partial charge in [-0.3, -0.25) is 4.79 Å². The average molecular weight is 229 g/mol. The second-order valence-electron chi connectivity index (χ2n) is 3.52. The maximum Gasteiger partial charge on any atom is 0.330 e. The number of H-pyrrole nitrogens is 1. The number of rotatable bonds is 3. The van der Waals surface area contributed by atoms with Gasteiger partial charge in [-0.25, -0.2) is 4.79 Å². The van der Waals surface area contributed by atoms with Gasteiger partial charge in [-0.1, -0.05) is 6.07 Å². The first-order valence-corrected chi connectivity index (χ1v) is 5.07. The highest BCUT2D eigenvalue weighted by Crippen LogP contribution is 2.19. The first-order valence-electron chi connectivity index (χ1n) is 5.07. The molecular weight excluding hydrogens is 218 g/mol. The summed E-state index contributed by atoms with van der Waals surface area (Å²) in [5.74, 6) is -0.408. The zero-order valence-electron chi connectivity index (χ0n) is 9.27. The van der Waals surface area contributed by atoms with Gasteiger partial charge >= 0.3 is 5.97 Å². The minimum absolute atomic E-state index is 0.408. The van der Waals surface area contributed by atoms with E-state index in [0.29, 0.717) is 5.56 Å². The van der Waals surface area contributed by atoms with Crippen LogP contribution in [0, 0.1) is 0 Å². The van der Waals surface area contributed by atoms with E-state index in [1.165, 1.54) is 13.2 Å². The van der Waals surface area contributed by atoms with Crippen LogP contribution in [-0.2, 0) is 9.53 Å². The largest absolute Gasteiger partial charge is 0.466 e. The molecule has 0 atom stereocenters. The molecule has 4 nitrogen and oxygen atoms in total. The van der Waals surface area contributed by atoms with Crippen molar-refractivity contribution in [3.05, 3.63) is 41.6 Å². The third kappa shape index (κ3) is 2.25. The SMILES string of the molecule is COC(=O)/C=C/c1ccc2[nH]cc(C=O)c2c1. The van der Waals surface area contributed by atoms with Gasteiger partial charge in [-0.15, -0.1) is 0 Å². The molecule has 4 heteroatoms. The molecule has 0 spiro atoms. The molecule has 0 radical (unpaired) electrons. The Bertz CT molecular complexity index is 596. The van der Waals surface area contributed by atoms with E-state index in [-0.39, 0.29) is 0 Å². The van der Waals surface area contributed by atoms with Crippen LogP contribution in [0.15, 0.2) is 30.5 Å². The van der Waals surface area contributed by atoms with Crippen molar-refractivity contribution >= 4 is 29.2 Å². The summed E-state index contributed by atoms with van der Waals surface area (Å²) in [6, 6.07) is 5.56. The summed E-state index contributed by atoms with van der Waals surface area (Å²) >= 11 is 0. The van der Waals surface area contributed by atoms with Crippen molar-refractivity contribution in [2.24, 2.45) is 0 Å². The quantitative estimate of drug-likeness (QED) is 0.498. The third-order valence-corrected chi connectivity index (χ3v) is 2.48. The van der Waals surface area contributed by atoms with Gasteiger partial charge < -0.3 is 9.72 Å². The molecule has 86 valence electrons. The summed E-state index contributed by atoms with van der Waals surface area (Å²) in [5.41, 5.74) is 2.33. The Hall–Kier alpha value is -2.36. The number of aromatic amines is 1. The zero-order valence-corrected chi connectivity index (χ0v) is 9.27. The highest BCUT2D eigenvalue weighted by molar-refractivity contribution is 5.98. The molecule has 1 heterocycles. The number of hydrogen-bond acceptors (Lipinski definition) is 3. The fraction of sp³-hybridized carbons (Fsp3) is 0.0769. The fourth-order valence-corrected chi connectivity index (χ4v) is 1.59. The lowest BCUT2D eigenvalue weighted by atomic mass is 10.1. The molecule has 2 rings (SSSR count). The summed E-state index contributed by atoms with van der Waals surface area (Å²) in [5, 5.41) is 0.840. The zero-order chi connectivity index (χ0) is 12.3. The number of ether oxygens (including phenoxy) is 1. The lowest BCUT2D eigenvalue weighted by Gasteiger charge is -1.95. The highest BCUT2D eigenvalue weighted by Gasteiger charge is 2.02. The summed E-state index contributed by atoms with van der Waals surface area (Å²) in [6.45, 7) is 0. The normalized spacial score (nSPS) is 10.9. The van der Waals surface area contributed by atoms with Crippen molar-refractivity contribution < 1.29 is 14.3 Å². The molecule has 0 aliphatic heterocycles. The number of aromatic nitrogens is 1. The van der Waals surface area contributed by atoms with Gasteiger partial charge in [-0.2, -0.15) is 0 Å². The Labute approximate surface area is 97.9 Å². The molecule has 0 amide bonds. The molecule has 1 aromatic heterocycles. The number of esters is 1. The lowest BCUT2D eigenvalue weighted by molar-refractivity contribution is -0.134. The summed E-state index contributed by atoms with van der Waals surface area (Å²) in [6.07, 6.45) is 5.44. The molecule has 0 aliphatic rings. The summed E-state index contributed by atoms with van der Waals surface area (Å²) < 4.78 is 4.50. The van der Waals surface area contributed by atoms with Gasteiger partial charge in [0.25, 0.3) is 0 Å². The van der Waals surface area contributed by atoms with Crippen LogP contribution in [-0.4, -0.2) is 24.3 Å². The maximum atomic E-state index is 11.0. The molecule has 0 saturated heterocycles. The summed E-state index contributed by atoms with van der Waals surface area (Å²) in [4.78, 5) is 24.7. The van der Waals surface area contributed by atoms with Crippen molar-refractivity contribution in [2.75, 3.05) is 7.11 Å². The van der Waals surface area contributed by atoms with Crippen LogP contribution in [0.1, 0.15) is 15.9 Å². The van der Waals surface area contributed by atoms with Gasteiger partial charge in [0, 0.05) is 28.7 Å². The number of methoxy groups -OCH3 is 1. The van der Waals surface area contributed by atoms with Crippen LogP contribution in [0.25, 0.3) is 17.0 Å². The molecule has 1 aromatic carbocycles. The Balaban J connectivity index is 2.39. The average Bonchev–Trinajstić information content (AvgIpc) is 2.78. The van der Waals surface area contributed by atoms with E-state index in [1.807, 2.05) is 18.2 Å². The second-order valence-corrected chi connectivity index (χ2v) is 3.52. The minimum Gasteiger partial charge on any atom is -0.466 e. The molecule has 1 N–H and O–H groups in total. The Morgan fingerprint density at radius 3 is 2.94 bits per heavy atom. The van der Waals surface area contributed by atoms with E-state index >= 15 is 0 Å². The Morgan fingerprint density at radius 2 is 2.24 bits per heavy atom. The minimum atomic E-state index is -0.408. The van der Waals surface area contributed by atoms with Crippen LogP contribution in [0.3, 0.4) is 0 Å². The first kappa shape index (κ1) is 11.1. The van der Waals surface area contributed by atoms with Crippen molar-refractivity contribution in [2.45, 2.75) is 0 Å². The molecule has 0 fully saturated rings. The van der Waals surface area contributed by atoms with Crippen LogP contribution in [0.4, 0.5) is 0 Å². The number of carbonyl (C=O) groups is 2. The first-order chi connectivity index (χ1) is 8.24. The smallest absolute Gasteiger partial charge is 0.330 e. The number of aldehydes is 1. The van der Waals surface area contributed by atoms with Crippen molar-refractivity contribution in [3.63, 3.8) is 0 Å². The number of fused-ring (bicyclic) bond motifs is 1. The summed E-state index contributed by atoms with van der Waals surface area (Å²) in [7, 11) is 1.33. The monoisotopic (exact) mass is 229 g/mol. The van der Waals surface area contributed by atoms with Gasteiger partial charge in [-0.05, 0) is 23.8 Å². The number of carbonyl (C=O) groups excluding carboxylic acids is 2. The predicted octanol–water partition coefficient (Wildman–Crippen LogP) is 2.17. The third-order valence-electron chi connectivity index (χ3n) is 2.48. The van der Waals surface area contributed by atoms with E-state index in [4.69, 9.17) is 0 Å². The van der Waals surface area contributed by atoms with Gasteiger partial charge in [0.15, 0.2) is 6.29 Å². The van der Waals surface area contributed by atoms with Gasteiger partial charge in [0.2, 0.25) is 0 Å². The molecule has 17 heavy (non-hydrogen) atoms. The van der Waals surface area contributed by atoms with E-state index < -0.39 is 5.97 Å². The van der Waals surface area contributed by atoms with E-state index in [9.17, 15) is 9.59 Å². The van der Waals surface area contributed by atoms with Crippen molar-refractivity contribution in [3.8, 4) is 0 Å². The van der Waals surface area contributed by atoms with Crippen molar-refractivity contribution in [1.82, 2.24) is 4.98 Å². The Kier molecular flexibility index (Phi) is 3.05. The molecular formula is C13H11NO3. The van der Waals surface area contributed by atoms with Crippen LogP contribution in [0.5, 0.6) is 0 Å². The van der Waals surface area contributed by atoms with Crippen LogP contribution in [0.2, 0.25) is 0 Å². The number of benzene rings is 1. The van der Waals surface area contributed by atoms with Gasteiger partial charge in [0.05, 0.1) is 7.11 Å². The molecule has 0 saturated carbocycles. The highest BCUT2D eigenvalue weighted by atomic mass is 16.5. The van der Waals surface area contributed by atoms with E-state index in [1.54, 1.807) is 12.3 Å². The second kappa shape index (κ2) is 4.65. The molecule has 0 bridgehead atoms. The lowest BCUT2D eigenvalue weighted by Crippen LogP contribution is -1.93. The maximum absolute atomic E-state index is 11.0. The fourth-order valence-electron chi connectivity index (χ4n) is 1.59. The molecule has 2 aromatic rings. The number of nitrogens with one attached hydrogen (secondary N) is 1.